The van der Waals surface area contributed by atoms with Gasteiger partial charge in [0.1, 0.15) is 0 Å². The van der Waals surface area contributed by atoms with Gasteiger partial charge in [0.25, 0.3) is 0 Å². The average molecular weight is 396 g/mol. The van der Waals surface area contributed by atoms with Crippen molar-refractivity contribution in [3.8, 4) is 0 Å². The van der Waals surface area contributed by atoms with Gasteiger partial charge in [-0.2, -0.15) is 0 Å². The lowest BCUT2D eigenvalue weighted by Gasteiger charge is -2.36. The van der Waals surface area contributed by atoms with E-state index in [-0.39, 0.29) is 18.1 Å². The maximum absolute atomic E-state index is 13.1. The first-order valence-electron chi connectivity index (χ1n) is 9.68. The first-order valence-corrected chi connectivity index (χ1v) is 11.6. The van der Waals surface area contributed by atoms with Crippen LogP contribution in [0.4, 0.5) is 16.2 Å². The molecule has 0 bridgehead atoms. The smallest absolute Gasteiger partial charge is 0.322 e. The van der Waals surface area contributed by atoms with Gasteiger partial charge >= 0.3 is 6.03 Å². The van der Waals surface area contributed by atoms with Crippen molar-refractivity contribution in [3.63, 3.8) is 0 Å². The number of amides is 2. The molecule has 1 aliphatic heterocycles. The summed E-state index contributed by atoms with van der Waals surface area (Å²) in [6.45, 7) is 1.29. The van der Waals surface area contributed by atoms with Gasteiger partial charge in [0, 0.05) is 36.7 Å². The molecule has 0 spiro atoms. The lowest BCUT2D eigenvalue weighted by atomic mass is 9.95. The number of carbonyl (C=O) groups excluding carboxylic acids is 1. The van der Waals surface area contributed by atoms with Crippen molar-refractivity contribution in [1.82, 2.24) is 5.32 Å². The molecule has 3 rings (SSSR count). The molecule has 1 saturated carbocycles. The molecule has 2 fully saturated rings. The SMILES string of the molecule is CS(=O)(=O)Nc1ccc(N(C(=O)NC2CCCCC2)C2CCOCC2)cc1. The van der Waals surface area contributed by atoms with Crippen molar-refractivity contribution in [2.24, 2.45) is 0 Å². The molecule has 0 radical (unpaired) electrons. The van der Waals surface area contributed by atoms with Crippen LogP contribution in [-0.2, 0) is 14.8 Å². The van der Waals surface area contributed by atoms with E-state index in [1.165, 1.54) is 6.42 Å². The Balaban J connectivity index is 1.77. The van der Waals surface area contributed by atoms with Gasteiger partial charge in [-0.3, -0.25) is 9.62 Å². The van der Waals surface area contributed by atoms with E-state index in [2.05, 4.69) is 10.0 Å². The first kappa shape index (κ1) is 19.9. The molecule has 7 nitrogen and oxygen atoms in total. The number of nitrogens with zero attached hydrogens (tertiary/aromatic N) is 1. The molecule has 2 amide bonds. The van der Waals surface area contributed by atoms with Gasteiger partial charge in [0.15, 0.2) is 0 Å². The van der Waals surface area contributed by atoms with Crippen LogP contribution in [0.3, 0.4) is 0 Å². The number of benzene rings is 1. The minimum Gasteiger partial charge on any atom is -0.381 e. The number of ether oxygens (including phenoxy) is 1. The summed E-state index contributed by atoms with van der Waals surface area (Å²) in [6, 6.07) is 7.22. The summed E-state index contributed by atoms with van der Waals surface area (Å²) in [6.07, 6.45) is 8.33. The fraction of sp³-hybridized carbons (Fsp3) is 0.632. The van der Waals surface area contributed by atoms with Crippen molar-refractivity contribution in [1.29, 1.82) is 0 Å². The highest BCUT2D eigenvalue weighted by Crippen LogP contribution is 2.26. The summed E-state index contributed by atoms with van der Waals surface area (Å²) < 4.78 is 30.7. The Bertz CT molecular complexity index is 724. The number of hydrogen-bond acceptors (Lipinski definition) is 4. The van der Waals surface area contributed by atoms with E-state index < -0.39 is 10.0 Å². The topological polar surface area (TPSA) is 87.7 Å². The summed E-state index contributed by atoms with van der Waals surface area (Å²) in [4.78, 5) is 14.9. The van der Waals surface area contributed by atoms with Crippen LogP contribution < -0.4 is 14.9 Å². The van der Waals surface area contributed by atoms with Crippen molar-refractivity contribution >= 4 is 27.4 Å². The molecule has 1 aromatic carbocycles. The minimum atomic E-state index is -3.33. The molecule has 2 N–H and O–H groups in total. The van der Waals surface area contributed by atoms with Gasteiger partial charge < -0.3 is 10.1 Å². The molecule has 0 atom stereocenters. The first-order chi connectivity index (χ1) is 12.9. The Morgan fingerprint density at radius 2 is 1.67 bits per heavy atom. The van der Waals surface area contributed by atoms with Gasteiger partial charge in [-0.15, -0.1) is 0 Å². The normalized spacial score (nSPS) is 19.4. The fourth-order valence-corrected chi connectivity index (χ4v) is 4.40. The Hall–Kier alpha value is -1.80. The van der Waals surface area contributed by atoms with Crippen LogP contribution >= 0.6 is 0 Å². The third kappa shape index (κ3) is 5.84. The molecule has 1 saturated heterocycles. The molecule has 1 aromatic rings. The van der Waals surface area contributed by atoms with Gasteiger partial charge in [-0.1, -0.05) is 19.3 Å². The van der Waals surface area contributed by atoms with E-state index >= 15 is 0 Å². The predicted molar refractivity (Wildman–Crippen MR) is 107 cm³/mol. The van der Waals surface area contributed by atoms with Crippen LogP contribution in [0.2, 0.25) is 0 Å². The second-order valence-corrected chi connectivity index (χ2v) is 9.17. The number of nitrogens with one attached hydrogen (secondary N) is 2. The maximum atomic E-state index is 13.1. The van der Waals surface area contributed by atoms with Gasteiger partial charge in [-0.05, 0) is 49.9 Å². The van der Waals surface area contributed by atoms with Crippen LogP contribution in [0.5, 0.6) is 0 Å². The molecule has 8 heteroatoms. The van der Waals surface area contributed by atoms with Crippen molar-refractivity contribution in [2.45, 2.75) is 57.0 Å². The van der Waals surface area contributed by atoms with Crippen LogP contribution in [0.15, 0.2) is 24.3 Å². The zero-order valence-corrected chi connectivity index (χ0v) is 16.6. The monoisotopic (exact) mass is 395 g/mol. The average Bonchev–Trinajstić information content (AvgIpc) is 2.64. The molecule has 1 aliphatic carbocycles. The number of sulfonamides is 1. The molecule has 27 heavy (non-hydrogen) atoms. The summed E-state index contributed by atoms with van der Waals surface area (Å²) >= 11 is 0. The Labute approximate surface area is 161 Å². The number of urea groups is 1. The largest absolute Gasteiger partial charge is 0.381 e. The molecule has 150 valence electrons. The molecule has 0 unspecified atom stereocenters. The summed E-state index contributed by atoms with van der Waals surface area (Å²) in [5.74, 6) is 0. The highest BCUT2D eigenvalue weighted by Gasteiger charge is 2.29. The maximum Gasteiger partial charge on any atom is 0.322 e. The van der Waals surface area contributed by atoms with Crippen LogP contribution in [0.25, 0.3) is 0 Å². The van der Waals surface area contributed by atoms with E-state index in [1.807, 2.05) is 4.90 Å². The molecular formula is C19H29N3O4S. The van der Waals surface area contributed by atoms with Gasteiger partial charge in [0.2, 0.25) is 10.0 Å². The zero-order valence-electron chi connectivity index (χ0n) is 15.8. The van der Waals surface area contributed by atoms with Gasteiger partial charge in [0.05, 0.1) is 6.26 Å². The Morgan fingerprint density at radius 3 is 2.26 bits per heavy atom. The molecule has 0 aromatic heterocycles. The highest BCUT2D eigenvalue weighted by molar-refractivity contribution is 7.92. The Morgan fingerprint density at radius 1 is 1.04 bits per heavy atom. The van der Waals surface area contributed by atoms with Crippen molar-refractivity contribution in [3.05, 3.63) is 24.3 Å². The highest BCUT2D eigenvalue weighted by atomic mass is 32.2. The minimum absolute atomic E-state index is 0.0716. The van der Waals surface area contributed by atoms with Crippen LogP contribution in [-0.4, -0.2) is 46.0 Å². The van der Waals surface area contributed by atoms with E-state index in [4.69, 9.17) is 4.74 Å². The number of hydrogen-bond donors (Lipinski definition) is 2. The van der Waals surface area contributed by atoms with E-state index in [0.29, 0.717) is 18.9 Å². The molecule has 2 aliphatic rings. The lowest BCUT2D eigenvalue weighted by molar-refractivity contribution is 0.0854. The fourth-order valence-electron chi connectivity index (χ4n) is 3.83. The van der Waals surface area contributed by atoms with Crippen LogP contribution in [0, 0.1) is 0 Å². The van der Waals surface area contributed by atoms with E-state index in [0.717, 1.165) is 50.5 Å². The predicted octanol–water partition coefficient (Wildman–Crippen LogP) is 3.09. The lowest BCUT2D eigenvalue weighted by Crippen LogP contribution is -2.51. The second kappa shape index (κ2) is 8.93. The standard InChI is InChI=1S/C19H29N3O4S/c1-27(24,25)21-16-7-9-17(10-8-16)22(18-11-13-26-14-12-18)19(23)20-15-5-3-2-4-6-15/h7-10,15,18,21H,2-6,11-14H2,1H3,(H,20,23). The van der Waals surface area contributed by atoms with Crippen LogP contribution in [0.1, 0.15) is 44.9 Å². The second-order valence-electron chi connectivity index (χ2n) is 7.42. The number of anilines is 2. The van der Waals surface area contributed by atoms with E-state index in [1.54, 1.807) is 24.3 Å². The zero-order chi connectivity index (χ0) is 19.3. The third-order valence-electron chi connectivity index (χ3n) is 5.16. The Kier molecular flexibility index (Phi) is 6.59. The summed E-state index contributed by atoms with van der Waals surface area (Å²) in [7, 11) is -3.33. The van der Waals surface area contributed by atoms with E-state index in [9.17, 15) is 13.2 Å². The number of carbonyl (C=O) groups is 1. The molecular weight excluding hydrogens is 366 g/mol. The quantitative estimate of drug-likeness (QED) is 0.802. The van der Waals surface area contributed by atoms with Crippen molar-refractivity contribution in [2.75, 3.05) is 29.1 Å². The summed E-state index contributed by atoms with van der Waals surface area (Å²) in [5.41, 5.74) is 1.26. The summed E-state index contributed by atoms with van der Waals surface area (Å²) in [5, 5.41) is 3.20. The molecule has 1 heterocycles. The number of rotatable bonds is 5. The van der Waals surface area contributed by atoms with Crippen molar-refractivity contribution < 1.29 is 17.9 Å². The van der Waals surface area contributed by atoms with Gasteiger partial charge in [-0.25, -0.2) is 13.2 Å². The third-order valence-corrected chi connectivity index (χ3v) is 5.76.